The van der Waals surface area contributed by atoms with Crippen molar-refractivity contribution in [3.63, 3.8) is 0 Å². The Hall–Kier alpha value is -2.87. The minimum Gasteiger partial charge on any atom is -0.494 e. The molecule has 0 unspecified atom stereocenters. The Balaban J connectivity index is 1.66. The molecule has 0 saturated carbocycles. The molecule has 1 aliphatic rings. The molecule has 3 aromatic rings. The Labute approximate surface area is 170 Å². The van der Waals surface area contributed by atoms with Gasteiger partial charge in [-0.05, 0) is 56.2 Å². The molecule has 152 valence electrons. The molecule has 7 nitrogen and oxygen atoms in total. The summed E-state index contributed by atoms with van der Waals surface area (Å²) in [6.07, 6.45) is 4.23. The number of nitrogens with one attached hydrogen (secondary N) is 1. The SMILES string of the molecule is CCOc1ccc(S(=O)(=O)Nc2ccccc2-c2nnc3n2CCCCC3)cc1. The average molecular weight is 413 g/mol. The maximum Gasteiger partial charge on any atom is 0.261 e. The molecule has 0 bridgehead atoms. The van der Waals surface area contributed by atoms with Crippen LogP contribution in [0, 0.1) is 0 Å². The van der Waals surface area contributed by atoms with E-state index >= 15 is 0 Å². The summed E-state index contributed by atoms with van der Waals surface area (Å²) < 4.78 is 36.1. The van der Waals surface area contributed by atoms with Gasteiger partial charge < -0.3 is 9.30 Å². The van der Waals surface area contributed by atoms with Gasteiger partial charge in [-0.25, -0.2) is 8.42 Å². The van der Waals surface area contributed by atoms with E-state index in [-0.39, 0.29) is 4.90 Å². The number of aromatic nitrogens is 3. The number of ether oxygens (including phenoxy) is 1. The molecule has 1 aliphatic heterocycles. The monoisotopic (exact) mass is 412 g/mol. The van der Waals surface area contributed by atoms with Gasteiger partial charge in [-0.1, -0.05) is 18.6 Å². The van der Waals surface area contributed by atoms with Crippen LogP contribution in [0.5, 0.6) is 5.75 Å². The summed E-state index contributed by atoms with van der Waals surface area (Å²) in [7, 11) is -3.75. The first kappa shape index (κ1) is 19.4. The van der Waals surface area contributed by atoms with Crippen LogP contribution in [0.25, 0.3) is 11.4 Å². The molecule has 2 aromatic carbocycles. The predicted octanol–water partition coefficient (Wildman–Crippen LogP) is 3.87. The van der Waals surface area contributed by atoms with E-state index in [4.69, 9.17) is 4.74 Å². The van der Waals surface area contributed by atoms with Crippen LogP contribution in [0.1, 0.15) is 32.0 Å². The summed E-state index contributed by atoms with van der Waals surface area (Å²) >= 11 is 0. The number of nitrogens with zero attached hydrogens (tertiary/aromatic N) is 3. The molecule has 4 rings (SSSR count). The van der Waals surface area contributed by atoms with Gasteiger partial charge in [0.2, 0.25) is 0 Å². The molecule has 0 radical (unpaired) electrons. The number of sulfonamides is 1. The lowest BCUT2D eigenvalue weighted by atomic mass is 10.1. The fraction of sp³-hybridized carbons (Fsp3) is 0.333. The van der Waals surface area contributed by atoms with Gasteiger partial charge >= 0.3 is 0 Å². The average Bonchev–Trinajstić information content (AvgIpc) is 2.96. The van der Waals surface area contributed by atoms with E-state index in [0.717, 1.165) is 43.6 Å². The second-order valence-corrected chi connectivity index (χ2v) is 8.64. The smallest absolute Gasteiger partial charge is 0.261 e. The molecular formula is C21H24N4O3S. The first-order valence-electron chi connectivity index (χ1n) is 9.85. The summed E-state index contributed by atoms with van der Waals surface area (Å²) in [6, 6.07) is 13.7. The van der Waals surface area contributed by atoms with Crippen molar-refractivity contribution >= 4 is 15.7 Å². The van der Waals surface area contributed by atoms with Crippen molar-refractivity contribution in [1.82, 2.24) is 14.8 Å². The van der Waals surface area contributed by atoms with Crippen molar-refractivity contribution < 1.29 is 13.2 Å². The second kappa shape index (κ2) is 8.24. The minimum absolute atomic E-state index is 0.177. The topological polar surface area (TPSA) is 86.1 Å². The van der Waals surface area contributed by atoms with Crippen LogP contribution in [0.15, 0.2) is 53.4 Å². The molecule has 8 heteroatoms. The van der Waals surface area contributed by atoms with Crippen molar-refractivity contribution in [3.8, 4) is 17.1 Å². The zero-order chi connectivity index (χ0) is 20.3. The number of aryl methyl sites for hydroxylation is 1. The number of anilines is 1. The van der Waals surface area contributed by atoms with E-state index in [2.05, 4.69) is 19.5 Å². The van der Waals surface area contributed by atoms with Crippen molar-refractivity contribution in [2.45, 2.75) is 44.0 Å². The van der Waals surface area contributed by atoms with Crippen molar-refractivity contribution in [3.05, 3.63) is 54.4 Å². The largest absolute Gasteiger partial charge is 0.494 e. The van der Waals surface area contributed by atoms with Crippen LogP contribution in [0.4, 0.5) is 5.69 Å². The van der Waals surface area contributed by atoms with Crippen LogP contribution in [0.3, 0.4) is 0 Å². The van der Waals surface area contributed by atoms with E-state index in [1.165, 1.54) is 0 Å². The summed E-state index contributed by atoms with van der Waals surface area (Å²) in [4.78, 5) is 0.177. The van der Waals surface area contributed by atoms with Crippen LogP contribution >= 0.6 is 0 Å². The van der Waals surface area contributed by atoms with E-state index in [0.29, 0.717) is 23.9 Å². The highest BCUT2D eigenvalue weighted by Gasteiger charge is 2.21. The number of fused-ring (bicyclic) bond motifs is 1. The van der Waals surface area contributed by atoms with E-state index in [9.17, 15) is 8.42 Å². The Morgan fingerprint density at radius 2 is 1.83 bits per heavy atom. The fourth-order valence-corrected chi connectivity index (χ4v) is 4.62. The zero-order valence-corrected chi connectivity index (χ0v) is 17.2. The van der Waals surface area contributed by atoms with Crippen LogP contribution in [0.2, 0.25) is 0 Å². The summed E-state index contributed by atoms with van der Waals surface area (Å²) in [5.74, 6) is 2.30. The molecule has 0 amide bonds. The third kappa shape index (κ3) is 4.12. The lowest BCUT2D eigenvalue weighted by Crippen LogP contribution is -2.14. The fourth-order valence-electron chi connectivity index (χ4n) is 3.54. The van der Waals surface area contributed by atoms with Gasteiger partial charge in [0.05, 0.1) is 17.2 Å². The lowest BCUT2D eigenvalue weighted by molar-refractivity contribution is 0.340. The van der Waals surface area contributed by atoms with Crippen LogP contribution in [-0.4, -0.2) is 29.8 Å². The van der Waals surface area contributed by atoms with Crippen LogP contribution in [-0.2, 0) is 23.0 Å². The van der Waals surface area contributed by atoms with E-state index in [1.807, 2.05) is 19.1 Å². The highest BCUT2D eigenvalue weighted by Crippen LogP contribution is 2.30. The summed E-state index contributed by atoms with van der Waals surface area (Å²) in [5, 5.41) is 8.70. The number of benzene rings is 2. The molecule has 0 saturated heterocycles. The first-order valence-corrected chi connectivity index (χ1v) is 11.3. The van der Waals surface area contributed by atoms with Crippen molar-refractivity contribution in [2.24, 2.45) is 0 Å². The Morgan fingerprint density at radius 3 is 2.62 bits per heavy atom. The van der Waals surface area contributed by atoms with E-state index < -0.39 is 10.0 Å². The van der Waals surface area contributed by atoms with Gasteiger partial charge in [0, 0.05) is 18.5 Å². The Morgan fingerprint density at radius 1 is 1.03 bits per heavy atom. The van der Waals surface area contributed by atoms with Crippen molar-refractivity contribution in [2.75, 3.05) is 11.3 Å². The molecule has 0 spiro atoms. The quantitative estimate of drug-likeness (QED) is 0.664. The van der Waals surface area contributed by atoms with Gasteiger partial charge in [-0.15, -0.1) is 10.2 Å². The molecule has 1 N–H and O–H groups in total. The summed E-state index contributed by atoms with van der Waals surface area (Å²) in [6.45, 7) is 3.26. The number of rotatable bonds is 6. The van der Waals surface area contributed by atoms with Gasteiger partial charge in [-0.3, -0.25) is 4.72 Å². The summed E-state index contributed by atoms with van der Waals surface area (Å²) in [5.41, 5.74) is 1.21. The first-order chi connectivity index (χ1) is 14.1. The van der Waals surface area contributed by atoms with E-state index in [1.54, 1.807) is 36.4 Å². The molecule has 0 atom stereocenters. The van der Waals surface area contributed by atoms with Gasteiger partial charge in [-0.2, -0.15) is 0 Å². The zero-order valence-electron chi connectivity index (χ0n) is 16.3. The number of hydrogen-bond donors (Lipinski definition) is 1. The minimum atomic E-state index is -3.75. The molecule has 0 fully saturated rings. The van der Waals surface area contributed by atoms with Gasteiger partial charge in [0.25, 0.3) is 10.0 Å². The maximum absolute atomic E-state index is 12.9. The van der Waals surface area contributed by atoms with Gasteiger partial charge in [0.15, 0.2) is 5.82 Å². The highest BCUT2D eigenvalue weighted by atomic mass is 32.2. The molecular weight excluding hydrogens is 388 g/mol. The van der Waals surface area contributed by atoms with Crippen molar-refractivity contribution in [1.29, 1.82) is 0 Å². The normalized spacial score (nSPS) is 14.1. The third-order valence-electron chi connectivity index (χ3n) is 4.97. The molecule has 1 aromatic heterocycles. The predicted molar refractivity (Wildman–Crippen MR) is 111 cm³/mol. The highest BCUT2D eigenvalue weighted by molar-refractivity contribution is 7.92. The lowest BCUT2D eigenvalue weighted by Gasteiger charge is -2.14. The standard InChI is InChI=1S/C21H24N4O3S/c1-2-28-16-11-13-17(14-12-16)29(26,27)24-19-9-6-5-8-18(19)21-23-22-20-10-4-3-7-15-25(20)21/h5-6,8-9,11-14,24H,2-4,7,10,15H2,1H3. The number of hydrogen-bond acceptors (Lipinski definition) is 5. The second-order valence-electron chi connectivity index (χ2n) is 6.96. The van der Waals surface area contributed by atoms with Gasteiger partial charge in [0.1, 0.15) is 11.6 Å². The molecule has 0 aliphatic carbocycles. The third-order valence-corrected chi connectivity index (χ3v) is 6.35. The van der Waals surface area contributed by atoms with Crippen LogP contribution < -0.4 is 9.46 Å². The molecule has 2 heterocycles. The Kier molecular flexibility index (Phi) is 5.53. The maximum atomic E-state index is 12.9. The Bertz CT molecular complexity index is 1090. The number of para-hydroxylation sites is 1. The molecule has 29 heavy (non-hydrogen) atoms.